The topological polar surface area (TPSA) is 97.3 Å². The Hall–Kier alpha value is -2.22. The number of carbonyl (C=O) groups excluding carboxylic acids is 1. The lowest BCUT2D eigenvalue weighted by Crippen LogP contribution is -2.38. The maximum Gasteiger partial charge on any atom is 0.342 e. The molecule has 0 amide bonds. The van der Waals surface area contributed by atoms with Crippen LogP contribution in [0.15, 0.2) is 48.5 Å². The Morgan fingerprint density at radius 3 is 2.18 bits per heavy atom. The summed E-state index contributed by atoms with van der Waals surface area (Å²) < 4.78 is 30.7. The molecule has 0 heterocycles. The molecule has 8 nitrogen and oxygen atoms in total. The lowest BCUT2D eigenvalue weighted by Gasteiger charge is -2.33. The number of hydrogen-bond acceptors (Lipinski definition) is 7. The number of nitrogens with one attached hydrogen (secondary N) is 1. The molecule has 2 rings (SSSR count). The van der Waals surface area contributed by atoms with E-state index in [1.54, 1.807) is 32.9 Å². The Morgan fingerprint density at radius 2 is 1.64 bits per heavy atom. The molecule has 218 valence electrons. The van der Waals surface area contributed by atoms with Crippen molar-refractivity contribution in [1.82, 2.24) is 9.99 Å². The molecule has 0 bridgehead atoms. The van der Waals surface area contributed by atoms with Crippen molar-refractivity contribution in [2.24, 2.45) is 0 Å². The first-order valence-corrected chi connectivity index (χ1v) is 15.5. The van der Waals surface area contributed by atoms with Crippen LogP contribution in [0.3, 0.4) is 0 Å². The van der Waals surface area contributed by atoms with Crippen molar-refractivity contribution in [2.45, 2.75) is 91.6 Å². The molecule has 39 heavy (non-hydrogen) atoms. The quantitative estimate of drug-likeness (QED) is 0.192. The van der Waals surface area contributed by atoms with Crippen molar-refractivity contribution in [1.29, 1.82) is 0 Å². The molecule has 0 saturated carbocycles. The van der Waals surface area contributed by atoms with Gasteiger partial charge in [0.2, 0.25) is 0 Å². The molecule has 9 heteroatoms. The predicted molar refractivity (Wildman–Crippen MR) is 156 cm³/mol. The highest BCUT2D eigenvalue weighted by molar-refractivity contribution is 7.57. The number of carbonyl (C=O) groups is 1. The molecule has 0 aliphatic rings. The first kappa shape index (κ1) is 33.0. The molecule has 2 N–H and O–H groups in total. The smallest absolute Gasteiger partial charge is 0.342 e. The highest BCUT2D eigenvalue weighted by Crippen LogP contribution is 2.47. The number of aliphatic hydroxyl groups excluding tert-OH is 1. The molecule has 2 aromatic carbocycles. The minimum absolute atomic E-state index is 0.0907. The van der Waals surface area contributed by atoms with Gasteiger partial charge in [-0.05, 0) is 84.7 Å². The molecule has 1 unspecified atom stereocenters. The van der Waals surface area contributed by atoms with Crippen LogP contribution in [0, 0.1) is 0 Å². The number of rotatable bonds is 16. The number of esters is 1. The van der Waals surface area contributed by atoms with Crippen LogP contribution in [-0.2, 0) is 25.4 Å². The normalized spacial score (nSPS) is 15.0. The maximum atomic E-state index is 14.0. The highest BCUT2D eigenvalue weighted by atomic mass is 31.2. The first-order valence-electron chi connectivity index (χ1n) is 13.7. The van der Waals surface area contributed by atoms with Gasteiger partial charge in [0, 0.05) is 30.7 Å². The summed E-state index contributed by atoms with van der Waals surface area (Å²) in [6, 6.07) is 15.4. The molecule has 0 aliphatic carbocycles. The van der Waals surface area contributed by atoms with E-state index in [-0.39, 0.29) is 25.0 Å². The van der Waals surface area contributed by atoms with E-state index < -0.39 is 19.5 Å². The number of nitrogens with zero attached hydrogens (tertiary/aromatic N) is 1. The third-order valence-corrected chi connectivity index (χ3v) is 8.35. The van der Waals surface area contributed by atoms with Gasteiger partial charge in [-0.2, -0.15) is 0 Å². The van der Waals surface area contributed by atoms with Gasteiger partial charge in [-0.3, -0.25) is 14.3 Å². The van der Waals surface area contributed by atoms with Crippen LogP contribution in [0.4, 0.5) is 0 Å². The minimum Gasteiger partial charge on any atom is -0.462 e. The van der Waals surface area contributed by atoms with Gasteiger partial charge in [-0.25, -0.2) is 5.09 Å². The van der Waals surface area contributed by atoms with Crippen molar-refractivity contribution >= 4 is 13.5 Å². The molecule has 3 atom stereocenters. The minimum atomic E-state index is -3.69. The van der Waals surface area contributed by atoms with E-state index in [2.05, 4.69) is 49.8 Å². The van der Waals surface area contributed by atoms with Gasteiger partial charge in [0.1, 0.15) is 18.1 Å². The predicted octanol–water partition coefficient (Wildman–Crippen LogP) is 5.93. The summed E-state index contributed by atoms with van der Waals surface area (Å²) in [7, 11) is -2.26. The summed E-state index contributed by atoms with van der Waals surface area (Å²) in [5.41, 5.74) is 2.63. The summed E-state index contributed by atoms with van der Waals surface area (Å²) in [6.45, 7) is 14.6. The molecule has 0 saturated heterocycles. The Kier molecular flexibility index (Phi) is 13.1. The van der Waals surface area contributed by atoms with Crippen molar-refractivity contribution in [2.75, 3.05) is 20.0 Å². The summed E-state index contributed by atoms with van der Waals surface area (Å²) in [6.07, 6.45) is 0.243. The van der Waals surface area contributed by atoms with Crippen molar-refractivity contribution in [3.05, 3.63) is 65.2 Å². The van der Waals surface area contributed by atoms with Gasteiger partial charge in [-0.15, -0.1) is 0 Å². The average Bonchev–Trinajstić information content (AvgIpc) is 2.86. The Balaban J connectivity index is 2.52. The third-order valence-electron chi connectivity index (χ3n) is 6.48. The Bertz CT molecular complexity index is 1070. The van der Waals surface area contributed by atoms with Crippen molar-refractivity contribution in [3.63, 3.8) is 0 Å². The van der Waals surface area contributed by atoms with Crippen LogP contribution in [0.2, 0.25) is 0 Å². The summed E-state index contributed by atoms with van der Waals surface area (Å²) in [5, 5.41) is 12.8. The van der Waals surface area contributed by atoms with Crippen LogP contribution in [0.25, 0.3) is 0 Å². The summed E-state index contributed by atoms with van der Waals surface area (Å²) in [5.74, 6) is -0.198. The SMILES string of the molecule is COCP(=O)(N[C@@H](C)C(=O)OC(C)C)Oc1ccc(CO)cc1[C@H](CCN(C(C)C)C(C)C)c1ccccc1. The Morgan fingerprint density at radius 1 is 1.00 bits per heavy atom. The van der Waals surface area contributed by atoms with Crippen LogP contribution >= 0.6 is 7.52 Å². The summed E-state index contributed by atoms with van der Waals surface area (Å²) in [4.78, 5) is 14.9. The summed E-state index contributed by atoms with van der Waals surface area (Å²) >= 11 is 0. The van der Waals surface area contributed by atoms with E-state index in [0.717, 1.165) is 29.7 Å². The van der Waals surface area contributed by atoms with E-state index >= 15 is 0 Å². The van der Waals surface area contributed by atoms with E-state index in [9.17, 15) is 14.5 Å². The van der Waals surface area contributed by atoms with E-state index in [1.165, 1.54) is 7.11 Å². The lowest BCUT2D eigenvalue weighted by atomic mass is 9.86. The molecule has 0 radical (unpaired) electrons. The zero-order chi connectivity index (χ0) is 29.2. The molecule has 0 fully saturated rings. The molecule has 2 aromatic rings. The monoisotopic (exact) mass is 562 g/mol. The Labute approximate surface area is 234 Å². The molecule has 0 aromatic heterocycles. The fraction of sp³-hybridized carbons (Fsp3) is 0.567. The fourth-order valence-electron chi connectivity index (χ4n) is 4.73. The number of methoxy groups -OCH3 is 1. The van der Waals surface area contributed by atoms with Gasteiger partial charge >= 0.3 is 13.5 Å². The van der Waals surface area contributed by atoms with Gasteiger partial charge in [0.15, 0.2) is 0 Å². The largest absolute Gasteiger partial charge is 0.462 e. The molecular weight excluding hydrogens is 515 g/mol. The second-order valence-corrected chi connectivity index (χ2v) is 12.8. The number of hydrogen-bond donors (Lipinski definition) is 2. The molecular formula is C30H47N2O6P. The molecule has 0 spiro atoms. The second-order valence-electron chi connectivity index (χ2n) is 10.7. The zero-order valence-electron chi connectivity index (χ0n) is 24.7. The molecule has 0 aliphatic heterocycles. The standard InChI is InChI=1S/C30H47N2O6P/c1-21(2)32(22(3)4)17-16-27(26-12-10-9-11-13-26)28-18-25(19-33)14-15-29(28)38-39(35,20-36-8)31-24(7)30(34)37-23(5)6/h9-15,18,21-24,27,33H,16-17,19-20H2,1-8H3,(H,31,35)/t24-,27+,39?/m0/s1. The number of benzene rings is 2. The van der Waals surface area contributed by atoms with Gasteiger partial charge in [0.05, 0.1) is 12.7 Å². The second kappa shape index (κ2) is 15.5. The number of ether oxygens (including phenoxy) is 2. The van der Waals surface area contributed by atoms with Crippen molar-refractivity contribution < 1.29 is 28.5 Å². The third kappa shape index (κ3) is 10.0. The van der Waals surface area contributed by atoms with Crippen LogP contribution in [0.5, 0.6) is 5.75 Å². The highest BCUT2D eigenvalue weighted by Gasteiger charge is 2.33. The van der Waals surface area contributed by atoms with Gasteiger partial charge in [0.25, 0.3) is 0 Å². The maximum absolute atomic E-state index is 14.0. The lowest BCUT2D eigenvalue weighted by molar-refractivity contribution is -0.149. The first-order chi connectivity index (χ1) is 18.4. The number of aliphatic hydroxyl groups is 1. The van der Waals surface area contributed by atoms with E-state index in [0.29, 0.717) is 17.8 Å². The average molecular weight is 563 g/mol. The fourth-order valence-corrected chi connectivity index (χ4v) is 6.43. The van der Waals surface area contributed by atoms with Gasteiger partial charge in [-0.1, -0.05) is 36.4 Å². The van der Waals surface area contributed by atoms with E-state index in [4.69, 9.17) is 14.0 Å². The van der Waals surface area contributed by atoms with Crippen LogP contribution in [-0.4, -0.2) is 60.2 Å². The van der Waals surface area contributed by atoms with Crippen molar-refractivity contribution in [3.8, 4) is 5.75 Å². The zero-order valence-corrected chi connectivity index (χ0v) is 25.6. The van der Waals surface area contributed by atoms with Crippen LogP contribution in [0.1, 0.15) is 77.5 Å². The van der Waals surface area contributed by atoms with E-state index in [1.807, 2.05) is 24.3 Å². The van der Waals surface area contributed by atoms with Gasteiger partial charge < -0.3 is 19.1 Å². The van der Waals surface area contributed by atoms with Crippen LogP contribution < -0.4 is 9.61 Å².